The lowest BCUT2D eigenvalue weighted by Gasteiger charge is -2.11. The molecule has 174 valence electrons. The van der Waals surface area contributed by atoms with E-state index in [2.05, 4.69) is 4.74 Å². The lowest BCUT2D eigenvalue weighted by molar-refractivity contribution is -0.192. The summed E-state index contributed by atoms with van der Waals surface area (Å²) in [5, 5.41) is 24.8. The van der Waals surface area contributed by atoms with Crippen LogP contribution >= 0.6 is 0 Å². The monoisotopic (exact) mass is 463 g/mol. The number of benzene rings is 1. The Kier molecular flexibility index (Phi) is 9.94. The van der Waals surface area contributed by atoms with Gasteiger partial charge in [-0.3, -0.25) is 14.4 Å². The van der Waals surface area contributed by atoms with Crippen molar-refractivity contribution in [2.75, 3.05) is 6.61 Å². The molecule has 0 fully saturated rings. The predicted molar refractivity (Wildman–Crippen MR) is 86.9 cm³/mol. The molecule has 0 radical (unpaired) electrons. The molecule has 0 aliphatic heterocycles. The SMILES string of the molecule is NC(CCC(=O)OCC(=O)c1ccc(O)c(C(F)(F)F)c1)C(=O)O.O=C(O)C(F)(F)F. The summed E-state index contributed by atoms with van der Waals surface area (Å²) in [5.74, 6) is -6.90. The second-order valence-electron chi connectivity index (χ2n) is 5.60. The third-order valence-corrected chi connectivity index (χ3v) is 3.21. The Balaban J connectivity index is 0.00000110. The van der Waals surface area contributed by atoms with Gasteiger partial charge in [-0.1, -0.05) is 0 Å². The Morgan fingerprint density at radius 1 is 1.03 bits per heavy atom. The van der Waals surface area contributed by atoms with Gasteiger partial charge in [0.15, 0.2) is 12.4 Å². The Labute approximate surface area is 169 Å². The second-order valence-corrected chi connectivity index (χ2v) is 5.60. The molecule has 0 heterocycles. The minimum Gasteiger partial charge on any atom is -0.507 e. The van der Waals surface area contributed by atoms with E-state index in [4.69, 9.17) is 25.8 Å². The maximum Gasteiger partial charge on any atom is 0.490 e. The first-order valence-corrected chi connectivity index (χ1v) is 7.84. The van der Waals surface area contributed by atoms with Crippen molar-refractivity contribution in [3.8, 4) is 5.75 Å². The molecule has 1 aromatic carbocycles. The summed E-state index contributed by atoms with van der Waals surface area (Å²) in [6.45, 7) is -0.816. The molecule has 5 N–H and O–H groups in total. The maximum atomic E-state index is 12.6. The highest BCUT2D eigenvalue weighted by Gasteiger charge is 2.38. The number of alkyl halides is 6. The van der Waals surface area contributed by atoms with Crippen molar-refractivity contribution in [2.24, 2.45) is 5.73 Å². The molecule has 0 aliphatic carbocycles. The highest BCUT2D eigenvalue weighted by atomic mass is 19.4. The molecule has 0 bridgehead atoms. The van der Waals surface area contributed by atoms with Gasteiger partial charge in [0.25, 0.3) is 0 Å². The molecule has 15 heteroatoms. The van der Waals surface area contributed by atoms with E-state index in [-0.39, 0.29) is 12.8 Å². The number of hydrogen-bond donors (Lipinski definition) is 4. The fraction of sp³-hybridized carbons (Fsp3) is 0.375. The lowest BCUT2D eigenvalue weighted by atomic mass is 10.1. The van der Waals surface area contributed by atoms with Crippen LogP contribution in [-0.2, 0) is 25.3 Å². The van der Waals surface area contributed by atoms with E-state index in [0.29, 0.717) is 12.1 Å². The van der Waals surface area contributed by atoms with Crippen molar-refractivity contribution in [3.05, 3.63) is 29.3 Å². The van der Waals surface area contributed by atoms with Gasteiger partial charge in [-0.2, -0.15) is 26.3 Å². The summed E-state index contributed by atoms with van der Waals surface area (Å²) < 4.78 is 74.2. The van der Waals surface area contributed by atoms with Gasteiger partial charge < -0.3 is 25.8 Å². The summed E-state index contributed by atoms with van der Waals surface area (Å²) in [4.78, 5) is 42.4. The van der Waals surface area contributed by atoms with Gasteiger partial charge in [0.2, 0.25) is 0 Å². The first-order chi connectivity index (χ1) is 14.0. The van der Waals surface area contributed by atoms with Crippen LogP contribution in [0.5, 0.6) is 5.75 Å². The number of carboxylic acid groups (broad SMARTS) is 2. The van der Waals surface area contributed by atoms with Gasteiger partial charge in [-0.05, 0) is 24.6 Å². The first kappa shape index (κ1) is 27.6. The Bertz CT molecular complexity index is 821. The average Bonchev–Trinajstić information content (AvgIpc) is 2.63. The number of aromatic hydroxyl groups is 1. The number of hydrogen-bond acceptors (Lipinski definition) is 7. The number of Topliss-reactive ketones (excluding diaryl/α,β-unsaturated/α-hetero) is 1. The van der Waals surface area contributed by atoms with Crippen LogP contribution in [0.1, 0.15) is 28.8 Å². The molecule has 0 aliphatic rings. The molecule has 0 aromatic heterocycles. The molecule has 9 nitrogen and oxygen atoms in total. The number of ketones is 1. The highest BCUT2D eigenvalue weighted by Crippen LogP contribution is 2.36. The Morgan fingerprint density at radius 3 is 1.97 bits per heavy atom. The van der Waals surface area contributed by atoms with Crippen LogP contribution in [0.25, 0.3) is 0 Å². The van der Waals surface area contributed by atoms with Gasteiger partial charge in [-0.15, -0.1) is 0 Å². The smallest absolute Gasteiger partial charge is 0.490 e. The highest BCUT2D eigenvalue weighted by molar-refractivity contribution is 5.98. The van der Waals surface area contributed by atoms with Gasteiger partial charge in [0.1, 0.15) is 11.8 Å². The molecule has 0 amide bonds. The molecule has 1 aromatic rings. The zero-order valence-corrected chi connectivity index (χ0v) is 15.2. The Morgan fingerprint density at radius 2 is 1.55 bits per heavy atom. The minimum atomic E-state index is -5.08. The number of rotatable bonds is 7. The Hall–Kier alpha value is -3.36. The number of phenols is 1. The van der Waals surface area contributed by atoms with E-state index < -0.39 is 65.6 Å². The van der Waals surface area contributed by atoms with Gasteiger partial charge in [0.05, 0.1) is 5.56 Å². The number of esters is 1. The number of halogens is 6. The van der Waals surface area contributed by atoms with Crippen molar-refractivity contribution in [2.45, 2.75) is 31.2 Å². The van der Waals surface area contributed by atoms with E-state index in [9.17, 15) is 40.7 Å². The number of nitrogens with two attached hydrogens (primary N) is 1. The molecule has 0 saturated carbocycles. The van der Waals surface area contributed by atoms with Crippen molar-refractivity contribution in [1.29, 1.82) is 0 Å². The van der Waals surface area contributed by atoms with Crippen molar-refractivity contribution in [3.63, 3.8) is 0 Å². The molecule has 1 atom stereocenters. The summed E-state index contributed by atoms with van der Waals surface area (Å²) >= 11 is 0. The zero-order chi connectivity index (χ0) is 24.6. The molecule has 0 spiro atoms. The van der Waals surface area contributed by atoms with Crippen LogP contribution in [0.15, 0.2) is 18.2 Å². The zero-order valence-electron chi connectivity index (χ0n) is 15.2. The van der Waals surface area contributed by atoms with E-state index in [1.807, 2.05) is 0 Å². The van der Waals surface area contributed by atoms with Crippen LogP contribution in [0.3, 0.4) is 0 Å². The van der Waals surface area contributed by atoms with Crippen molar-refractivity contribution < 1.29 is 65.6 Å². The molecule has 1 unspecified atom stereocenters. The van der Waals surface area contributed by atoms with Crippen LogP contribution in [0, 0.1) is 0 Å². The number of carboxylic acids is 2. The summed E-state index contributed by atoms with van der Waals surface area (Å²) in [6.07, 6.45) is -10.5. The van der Waals surface area contributed by atoms with Crippen LogP contribution in [0.4, 0.5) is 26.3 Å². The largest absolute Gasteiger partial charge is 0.507 e. The topological polar surface area (TPSA) is 164 Å². The second kappa shape index (κ2) is 11.1. The van der Waals surface area contributed by atoms with Gasteiger partial charge >= 0.3 is 30.3 Å². The van der Waals surface area contributed by atoms with Gasteiger partial charge in [-0.25, -0.2) is 4.79 Å². The normalized spacial score (nSPS) is 12.2. The number of carbonyl (C=O) groups excluding carboxylic acids is 2. The van der Waals surface area contributed by atoms with Crippen molar-refractivity contribution >= 4 is 23.7 Å². The molecular weight excluding hydrogens is 448 g/mol. The van der Waals surface area contributed by atoms with Crippen molar-refractivity contribution in [1.82, 2.24) is 0 Å². The number of carbonyl (C=O) groups is 4. The predicted octanol–water partition coefficient (Wildman–Crippen LogP) is 1.96. The van der Waals surface area contributed by atoms with E-state index in [0.717, 1.165) is 6.07 Å². The summed E-state index contributed by atoms with van der Waals surface area (Å²) in [6, 6.07) is 0.858. The molecule has 1 rings (SSSR count). The molecular formula is C16H15F6NO8. The van der Waals surface area contributed by atoms with E-state index in [1.165, 1.54) is 0 Å². The lowest BCUT2D eigenvalue weighted by Crippen LogP contribution is -2.30. The molecule has 0 saturated heterocycles. The fourth-order valence-electron chi connectivity index (χ4n) is 1.63. The van der Waals surface area contributed by atoms with Crippen LogP contribution < -0.4 is 5.73 Å². The van der Waals surface area contributed by atoms with E-state index >= 15 is 0 Å². The number of aliphatic carboxylic acids is 2. The number of ether oxygens (including phenoxy) is 1. The first-order valence-electron chi connectivity index (χ1n) is 7.84. The van der Waals surface area contributed by atoms with Crippen LogP contribution in [-0.4, -0.2) is 57.8 Å². The summed E-state index contributed by atoms with van der Waals surface area (Å²) in [7, 11) is 0. The fourth-order valence-corrected chi connectivity index (χ4v) is 1.63. The van der Waals surface area contributed by atoms with Gasteiger partial charge in [0, 0.05) is 12.0 Å². The summed E-state index contributed by atoms with van der Waals surface area (Å²) in [5.41, 5.74) is 3.40. The quantitative estimate of drug-likeness (QED) is 0.269. The third kappa shape index (κ3) is 10.3. The van der Waals surface area contributed by atoms with Crippen LogP contribution in [0.2, 0.25) is 0 Å². The number of phenolic OH excluding ortho intramolecular Hbond substituents is 1. The minimum absolute atomic E-state index is 0.209. The van der Waals surface area contributed by atoms with E-state index in [1.54, 1.807) is 0 Å². The molecule has 31 heavy (non-hydrogen) atoms. The average molecular weight is 463 g/mol. The standard InChI is InChI=1S/C14H14F3NO6.C2HF3O2/c15-14(16,17)8-5-7(1-3-10(8)19)11(20)6-24-12(21)4-2-9(18)13(22)23;3-2(4,5)1(6)7/h1,3,5,9,19H,2,4,6,18H2,(H,22,23);(H,6,7). The third-order valence-electron chi connectivity index (χ3n) is 3.21. The maximum absolute atomic E-state index is 12.6.